The van der Waals surface area contributed by atoms with Crippen molar-refractivity contribution >= 4 is 11.9 Å². The third kappa shape index (κ3) is 4.45. The average molecular weight is 347 g/mol. The number of nitrogens with one attached hydrogen (secondary N) is 1. The Morgan fingerprint density at radius 1 is 1.29 bits per heavy atom. The topological polar surface area (TPSA) is 84.9 Å². The molecule has 2 N–H and O–H groups in total. The van der Waals surface area contributed by atoms with Crippen molar-refractivity contribution in [2.45, 2.75) is 44.1 Å². The van der Waals surface area contributed by atoms with Gasteiger partial charge in [-0.25, -0.2) is 4.79 Å². The predicted molar refractivity (Wildman–Crippen MR) is 74.8 cm³/mol. The molecule has 132 valence electrons. The van der Waals surface area contributed by atoms with E-state index in [4.69, 9.17) is 9.47 Å². The minimum Gasteiger partial charge on any atom is -0.454 e. The molecule has 4 atom stereocenters. The first-order chi connectivity index (χ1) is 11.2. The van der Waals surface area contributed by atoms with Crippen LogP contribution in [0.3, 0.4) is 0 Å². The molecule has 0 aliphatic carbocycles. The van der Waals surface area contributed by atoms with Gasteiger partial charge < -0.3 is 19.9 Å². The van der Waals surface area contributed by atoms with Gasteiger partial charge in [-0.05, 0) is 19.1 Å². The van der Waals surface area contributed by atoms with Crippen LogP contribution in [0.2, 0.25) is 0 Å². The molecular formula is C15H16F3NO5. The van der Waals surface area contributed by atoms with Gasteiger partial charge in [-0.15, -0.1) is 0 Å². The van der Waals surface area contributed by atoms with E-state index in [1.807, 2.05) is 0 Å². The van der Waals surface area contributed by atoms with E-state index in [0.29, 0.717) is 0 Å². The summed E-state index contributed by atoms with van der Waals surface area (Å²) < 4.78 is 47.6. The molecule has 0 bridgehead atoms. The third-order valence-corrected chi connectivity index (χ3v) is 3.51. The van der Waals surface area contributed by atoms with Crippen LogP contribution in [0.1, 0.15) is 23.7 Å². The summed E-state index contributed by atoms with van der Waals surface area (Å²) in [6.07, 6.45) is -8.86. The van der Waals surface area contributed by atoms with Gasteiger partial charge in [0.05, 0.1) is 17.7 Å². The summed E-state index contributed by atoms with van der Waals surface area (Å²) in [5.41, 5.74) is 0.205. The summed E-state index contributed by atoms with van der Waals surface area (Å²) in [5, 5.41) is 11.3. The number of benzene rings is 1. The van der Waals surface area contributed by atoms with Gasteiger partial charge in [-0.2, -0.15) is 13.2 Å². The standard InChI is InChI=1S/C15H16F3NO5/c1-8-12(24-13(21)9-5-3-2-4-6-9)10(7-11(20)23-8)19-14(22)15(16,17)18/h2-6,8,10-12,20H,7H2,1H3,(H,19,22)/t8-,10-,11-,12-/m1/s1. The van der Waals surface area contributed by atoms with Gasteiger partial charge in [0, 0.05) is 6.42 Å². The fourth-order valence-electron chi connectivity index (χ4n) is 2.39. The number of halogens is 3. The first-order valence-electron chi connectivity index (χ1n) is 7.15. The first kappa shape index (κ1) is 18.2. The van der Waals surface area contributed by atoms with Crippen molar-refractivity contribution < 1.29 is 37.3 Å². The minimum atomic E-state index is -5.08. The molecule has 1 saturated heterocycles. The second-order valence-corrected chi connectivity index (χ2v) is 5.35. The van der Waals surface area contributed by atoms with Crippen LogP contribution in [0.25, 0.3) is 0 Å². The summed E-state index contributed by atoms with van der Waals surface area (Å²) in [6, 6.07) is 6.62. The Labute approximate surface area is 135 Å². The highest BCUT2D eigenvalue weighted by atomic mass is 19.4. The van der Waals surface area contributed by atoms with Gasteiger partial charge in [0.1, 0.15) is 6.10 Å². The van der Waals surface area contributed by atoms with Crippen LogP contribution in [-0.4, -0.2) is 47.7 Å². The van der Waals surface area contributed by atoms with Crippen LogP contribution < -0.4 is 5.32 Å². The van der Waals surface area contributed by atoms with Crippen molar-refractivity contribution in [3.8, 4) is 0 Å². The number of carbonyl (C=O) groups excluding carboxylic acids is 2. The molecule has 0 aromatic heterocycles. The fraction of sp³-hybridized carbons (Fsp3) is 0.467. The van der Waals surface area contributed by atoms with Gasteiger partial charge in [0.25, 0.3) is 0 Å². The molecule has 0 radical (unpaired) electrons. The Bertz CT molecular complexity index is 593. The van der Waals surface area contributed by atoms with E-state index in [2.05, 4.69) is 0 Å². The molecule has 1 aliphatic heterocycles. The van der Waals surface area contributed by atoms with E-state index in [-0.39, 0.29) is 12.0 Å². The number of aliphatic hydroxyl groups excluding tert-OH is 1. The van der Waals surface area contributed by atoms with Crippen LogP contribution in [0.5, 0.6) is 0 Å². The molecular weight excluding hydrogens is 331 g/mol. The van der Waals surface area contributed by atoms with Crippen molar-refractivity contribution in [3.63, 3.8) is 0 Å². The van der Waals surface area contributed by atoms with Crippen molar-refractivity contribution in [3.05, 3.63) is 35.9 Å². The minimum absolute atomic E-state index is 0.205. The van der Waals surface area contributed by atoms with Crippen molar-refractivity contribution in [1.82, 2.24) is 5.32 Å². The Balaban J connectivity index is 2.13. The molecule has 0 unspecified atom stereocenters. The highest BCUT2D eigenvalue weighted by Gasteiger charge is 2.45. The normalized spacial score (nSPS) is 27.4. The lowest BCUT2D eigenvalue weighted by molar-refractivity contribution is -0.208. The Hall–Kier alpha value is -2.13. The van der Waals surface area contributed by atoms with Crippen molar-refractivity contribution in [2.75, 3.05) is 0 Å². The van der Waals surface area contributed by atoms with Gasteiger partial charge in [0.15, 0.2) is 6.29 Å². The lowest BCUT2D eigenvalue weighted by Crippen LogP contribution is -2.58. The average Bonchev–Trinajstić information content (AvgIpc) is 2.50. The van der Waals surface area contributed by atoms with E-state index in [1.54, 1.807) is 23.5 Å². The largest absolute Gasteiger partial charge is 0.471 e. The number of hydrogen-bond donors (Lipinski definition) is 2. The maximum Gasteiger partial charge on any atom is 0.471 e. The number of aliphatic hydroxyl groups is 1. The molecule has 1 aliphatic rings. The van der Waals surface area contributed by atoms with E-state index in [9.17, 15) is 27.9 Å². The molecule has 9 heteroatoms. The zero-order valence-electron chi connectivity index (χ0n) is 12.6. The summed E-state index contributed by atoms with van der Waals surface area (Å²) >= 11 is 0. The zero-order valence-corrected chi connectivity index (χ0v) is 12.6. The number of carbonyl (C=O) groups is 2. The fourth-order valence-corrected chi connectivity index (χ4v) is 2.39. The summed E-state index contributed by atoms with van der Waals surface area (Å²) in [5.74, 6) is -2.94. The summed E-state index contributed by atoms with van der Waals surface area (Å²) in [7, 11) is 0. The van der Waals surface area contributed by atoms with Gasteiger partial charge in [-0.1, -0.05) is 18.2 Å². The van der Waals surface area contributed by atoms with E-state index >= 15 is 0 Å². The Kier molecular flexibility index (Phi) is 5.45. The zero-order chi connectivity index (χ0) is 17.9. The number of alkyl halides is 3. The van der Waals surface area contributed by atoms with E-state index in [0.717, 1.165) is 0 Å². The van der Waals surface area contributed by atoms with Gasteiger partial charge in [0.2, 0.25) is 0 Å². The van der Waals surface area contributed by atoms with Crippen molar-refractivity contribution in [1.29, 1.82) is 0 Å². The number of amides is 1. The molecule has 6 nitrogen and oxygen atoms in total. The van der Waals surface area contributed by atoms with E-state index < -0.39 is 42.6 Å². The maximum absolute atomic E-state index is 12.4. The summed E-state index contributed by atoms with van der Waals surface area (Å²) in [6.45, 7) is 1.43. The quantitative estimate of drug-likeness (QED) is 0.807. The summed E-state index contributed by atoms with van der Waals surface area (Å²) in [4.78, 5) is 23.2. The van der Waals surface area contributed by atoms with Crippen molar-refractivity contribution in [2.24, 2.45) is 0 Å². The molecule has 1 amide bonds. The second-order valence-electron chi connectivity index (χ2n) is 5.35. The smallest absolute Gasteiger partial charge is 0.454 e. The third-order valence-electron chi connectivity index (χ3n) is 3.51. The number of hydrogen-bond acceptors (Lipinski definition) is 5. The Morgan fingerprint density at radius 2 is 1.92 bits per heavy atom. The van der Waals surface area contributed by atoms with Gasteiger partial charge in [-0.3, -0.25) is 4.79 Å². The molecule has 1 aromatic carbocycles. The molecule has 1 fully saturated rings. The number of rotatable bonds is 3. The predicted octanol–water partition coefficient (Wildman–Crippen LogP) is 1.39. The van der Waals surface area contributed by atoms with Crippen LogP contribution >= 0.6 is 0 Å². The van der Waals surface area contributed by atoms with Gasteiger partial charge >= 0.3 is 18.1 Å². The lowest BCUT2D eigenvalue weighted by Gasteiger charge is -2.38. The van der Waals surface area contributed by atoms with Crippen LogP contribution in [-0.2, 0) is 14.3 Å². The molecule has 0 spiro atoms. The molecule has 24 heavy (non-hydrogen) atoms. The number of esters is 1. The highest BCUT2D eigenvalue weighted by Crippen LogP contribution is 2.24. The SMILES string of the molecule is C[C@H]1O[C@@H](O)C[C@@H](NC(=O)C(F)(F)F)[C@@H]1OC(=O)c1ccccc1. The first-order valence-corrected chi connectivity index (χ1v) is 7.15. The molecule has 0 saturated carbocycles. The molecule has 2 rings (SSSR count). The molecule has 1 heterocycles. The van der Waals surface area contributed by atoms with Crippen LogP contribution in [0.4, 0.5) is 13.2 Å². The van der Waals surface area contributed by atoms with Crippen LogP contribution in [0.15, 0.2) is 30.3 Å². The highest BCUT2D eigenvalue weighted by molar-refractivity contribution is 5.89. The number of ether oxygens (including phenoxy) is 2. The second kappa shape index (κ2) is 7.18. The lowest BCUT2D eigenvalue weighted by atomic mass is 9.99. The monoisotopic (exact) mass is 347 g/mol. The Morgan fingerprint density at radius 3 is 2.50 bits per heavy atom. The maximum atomic E-state index is 12.4. The molecule has 1 aromatic rings. The van der Waals surface area contributed by atoms with E-state index in [1.165, 1.54) is 19.1 Å². The van der Waals surface area contributed by atoms with Crippen LogP contribution in [0, 0.1) is 0 Å².